The van der Waals surface area contributed by atoms with Crippen molar-refractivity contribution < 1.29 is 9.60 Å². The van der Waals surface area contributed by atoms with Crippen LogP contribution in [-0.2, 0) is 0 Å². The Bertz CT molecular complexity index is 471. The van der Waals surface area contributed by atoms with Crippen molar-refractivity contribution in [1.82, 2.24) is 9.88 Å². The molecule has 0 saturated carbocycles. The molecule has 6 nitrogen and oxygen atoms in total. The Hall–Kier alpha value is -1.89. The van der Waals surface area contributed by atoms with E-state index in [4.69, 9.17) is 10.9 Å². The minimum absolute atomic E-state index is 0.0247. The molecule has 0 spiro atoms. The Labute approximate surface area is 124 Å². The van der Waals surface area contributed by atoms with Crippen LogP contribution >= 0.6 is 0 Å². The van der Waals surface area contributed by atoms with E-state index in [0.717, 1.165) is 44.8 Å². The third-order valence-electron chi connectivity index (χ3n) is 3.81. The van der Waals surface area contributed by atoms with Crippen molar-refractivity contribution in [2.75, 3.05) is 31.1 Å². The van der Waals surface area contributed by atoms with Gasteiger partial charge in [-0.2, -0.15) is 0 Å². The molecule has 21 heavy (non-hydrogen) atoms. The molecule has 1 aliphatic heterocycles. The number of nitrogens with two attached hydrogens (primary N) is 1. The summed E-state index contributed by atoms with van der Waals surface area (Å²) in [6, 6.07) is 3.09. The number of hydrogen-bond acceptors (Lipinski definition) is 5. The molecule has 3 N–H and O–H groups in total. The van der Waals surface area contributed by atoms with Gasteiger partial charge in [-0.05, 0) is 18.6 Å². The van der Waals surface area contributed by atoms with Gasteiger partial charge in [-0.15, -0.1) is 0 Å². The van der Waals surface area contributed by atoms with E-state index >= 15 is 0 Å². The van der Waals surface area contributed by atoms with E-state index in [1.165, 1.54) is 12.3 Å². The Morgan fingerprint density at radius 2 is 2.14 bits per heavy atom. The lowest BCUT2D eigenvalue weighted by atomic mass is 10.1. The highest BCUT2D eigenvalue weighted by atomic mass is 19.1. The van der Waals surface area contributed by atoms with Gasteiger partial charge >= 0.3 is 0 Å². The van der Waals surface area contributed by atoms with Crippen LogP contribution in [0.2, 0.25) is 0 Å². The fourth-order valence-corrected chi connectivity index (χ4v) is 2.68. The molecular weight excluding hydrogens is 273 g/mol. The van der Waals surface area contributed by atoms with Crippen LogP contribution < -0.4 is 10.6 Å². The average molecular weight is 295 g/mol. The summed E-state index contributed by atoms with van der Waals surface area (Å²) in [5.74, 6) is 0.726. The summed E-state index contributed by atoms with van der Waals surface area (Å²) in [5, 5.41) is 12.1. The van der Waals surface area contributed by atoms with Crippen LogP contribution in [0.15, 0.2) is 23.5 Å². The largest absolute Gasteiger partial charge is 0.409 e. The van der Waals surface area contributed by atoms with E-state index < -0.39 is 0 Å². The number of rotatable bonds is 5. The van der Waals surface area contributed by atoms with Crippen LogP contribution in [0.1, 0.15) is 19.8 Å². The summed E-state index contributed by atoms with van der Waals surface area (Å²) >= 11 is 0. The number of aromatic nitrogens is 1. The fourth-order valence-electron chi connectivity index (χ4n) is 2.68. The van der Waals surface area contributed by atoms with Crippen molar-refractivity contribution >= 4 is 11.7 Å². The molecule has 1 aliphatic rings. The highest BCUT2D eigenvalue weighted by Crippen LogP contribution is 2.16. The van der Waals surface area contributed by atoms with Crippen molar-refractivity contribution in [3.05, 3.63) is 24.1 Å². The van der Waals surface area contributed by atoms with Crippen LogP contribution in [0.5, 0.6) is 0 Å². The van der Waals surface area contributed by atoms with Crippen LogP contribution in [0.4, 0.5) is 10.2 Å². The predicted octanol–water partition coefficient (Wildman–Crippen LogP) is 1.26. The van der Waals surface area contributed by atoms with Crippen molar-refractivity contribution in [3.63, 3.8) is 0 Å². The van der Waals surface area contributed by atoms with Crippen molar-refractivity contribution in [1.29, 1.82) is 0 Å². The molecule has 1 fully saturated rings. The average Bonchev–Trinajstić information content (AvgIpc) is 2.53. The lowest BCUT2D eigenvalue weighted by Crippen LogP contribution is -2.54. The lowest BCUT2D eigenvalue weighted by molar-refractivity contribution is 0.211. The van der Waals surface area contributed by atoms with E-state index in [9.17, 15) is 4.39 Å². The minimum Gasteiger partial charge on any atom is -0.409 e. The maximum Gasteiger partial charge on any atom is 0.156 e. The summed E-state index contributed by atoms with van der Waals surface area (Å²) < 4.78 is 12.9. The van der Waals surface area contributed by atoms with Gasteiger partial charge < -0.3 is 15.8 Å². The highest BCUT2D eigenvalue weighted by Gasteiger charge is 2.26. The molecule has 116 valence electrons. The normalized spacial score (nSPS) is 18.8. The number of halogens is 1. The SMILES string of the molecule is CCCC(C(N)=NO)N1CCN(c2ccc(F)cn2)CC1. The zero-order chi connectivity index (χ0) is 15.2. The molecule has 0 aliphatic carbocycles. The van der Waals surface area contributed by atoms with E-state index in [1.807, 2.05) is 0 Å². The van der Waals surface area contributed by atoms with Gasteiger partial charge in [0.05, 0.1) is 12.2 Å². The maximum absolute atomic E-state index is 12.9. The molecule has 1 saturated heterocycles. The zero-order valence-corrected chi connectivity index (χ0v) is 12.2. The highest BCUT2D eigenvalue weighted by molar-refractivity contribution is 5.85. The molecule has 1 aromatic heterocycles. The number of hydrogen-bond donors (Lipinski definition) is 2. The van der Waals surface area contributed by atoms with Crippen LogP contribution in [-0.4, -0.2) is 53.1 Å². The molecule has 1 unspecified atom stereocenters. The molecule has 2 rings (SSSR count). The predicted molar refractivity (Wildman–Crippen MR) is 80.1 cm³/mol. The van der Waals surface area contributed by atoms with Crippen LogP contribution in [0, 0.1) is 5.82 Å². The van der Waals surface area contributed by atoms with E-state index in [2.05, 4.69) is 26.9 Å². The minimum atomic E-state index is -0.327. The number of pyridine rings is 1. The van der Waals surface area contributed by atoms with Gasteiger partial charge in [0.1, 0.15) is 11.6 Å². The van der Waals surface area contributed by atoms with Gasteiger partial charge in [-0.3, -0.25) is 4.90 Å². The topological polar surface area (TPSA) is 78.0 Å². The van der Waals surface area contributed by atoms with E-state index in [1.54, 1.807) is 6.07 Å². The second-order valence-corrected chi connectivity index (χ2v) is 5.19. The first-order chi connectivity index (χ1) is 10.2. The molecule has 1 atom stereocenters. The Kier molecular flexibility index (Phi) is 5.32. The van der Waals surface area contributed by atoms with Gasteiger partial charge in [-0.1, -0.05) is 18.5 Å². The Morgan fingerprint density at radius 3 is 2.67 bits per heavy atom. The van der Waals surface area contributed by atoms with Gasteiger partial charge in [0, 0.05) is 26.2 Å². The third-order valence-corrected chi connectivity index (χ3v) is 3.81. The Morgan fingerprint density at radius 1 is 1.43 bits per heavy atom. The summed E-state index contributed by atoms with van der Waals surface area (Å²) in [6.45, 7) is 5.27. The fraction of sp³-hybridized carbons (Fsp3) is 0.571. The van der Waals surface area contributed by atoms with E-state index in [-0.39, 0.29) is 17.7 Å². The summed E-state index contributed by atoms with van der Waals surface area (Å²) in [6.07, 6.45) is 3.07. The standard InChI is InChI=1S/C14H22FN5O/c1-2-3-12(14(16)18-21)19-6-8-20(9-7-19)13-5-4-11(15)10-17-13/h4-5,10,12,21H,2-3,6-9H2,1H3,(H2,16,18). The number of piperazine rings is 1. The Balaban J connectivity index is 1.97. The van der Waals surface area contributed by atoms with Gasteiger partial charge in [-0.25, -0.2) is 9.37 Å². The lowest BCUT2D eigenvalue weighted by Gasteiger charge is -2.39. The molecule has 0 aromatic carbocycles. The monoisotopic (exact) mass is 295 g/mol. The molecule has 2 heterocycles. The second-order valence-electron chi connectivity index (χ2n) is 5.19. The van der Waals surface area contributed by atoms with Crippen molar-refractivity contribution in [3.8, 4) is 0 Å². The van der Waals surface area contributed by atoms with Crippen molar-refractivity contribution in [2.45, 2.75) is 25.8 Å². The van der Waals surface area contributed by atoms with E-state index in [0.29, 0.717) is 0 Å². The van der Waals surface area contributed by atoms with Crippen molar-refractivity contribution in [2.24, 2.45) is 10.9 Å². The molecule has 0 bridgehead atoms. The molecule has 1 aromatic rings. The summed E-state index contributed by atoms with van der Waals surface area (Å²) in [4.78, 5) is 8.44. The smallest absolute Gasteiger partial charge is 0.156 e. The number of anilines is 1. The summed E-state index contributed by atoms with van der Waals surface area (Å²) in [7, 11) is 0. The third kappa shape index (κ3) is 3.81. The first kappa shape index (κ1) is 15.5. The molecular formula is C14H22FN5O. The summed E-state index contributed by atoms with van der Waals surface area (Å²) in [5.41, 5.74) is 5.79. The number of oxime groups is 1. The molecule has 0 radical (unpaired) electrons. The number of amidine groups is 1. The van der Waals surface area contributed by atoms with Gasteiger partial charge in [0.15, 0.2) is 5.84 Å². The maximum atomic E-state index is 12.9. The van der Waals surface area contributed by atoms with Gasteiger partial charge in [0.25, 0.3) is 0 Å². The number of nitrogens with zero attached hydrogens (tertiary/aromatic N) is 4. The van der Waals surface area contributed by atoms with Gasteiger partial charge in [0.2, 0.25) is 0 Å². The van der Waals surface area contributed by atoms with Crippen LogP contribution in [0.25, 0.3) is 0 Å². The van der Waals surface area contributed by atoms with Crippen LogP contribution in [0.3, 0.4) is 0 Å². The first-order valence-electron chi connectivity index (χ1n) is 7.23. The first-order valence-corrected chi connectivity index (χ1v) is 7.23. The second kappa shape index (κ2) is 7.21. The zero-order valence-electron chi connectivity index (χ0n) is 12.2. The molecule has 0 amide bonds. The quantitative estimate of drug-likeness (QED) is 0.370. The molecule has 7 heteroatoms.